The Morgan fingerprint density at radius 2 is 1.48 bits per heavy atom. The van der Waals surface area contributed by atoms with Crippen molar-refractivity contribution in [3.63, 3.8) is 0 Å². The molecule has 2 aliphatic carbocycles. The molecule has 5 heteroatoms. The Balaban J connectivity index is 2.09. The third-order valence-corrected chi connectivity index (χ3v) is 6.21. The van der Waals surface area contributed by atoms with Gasteiger partial charge in [-0.15, -0.1) is 0 Å². The fourth-order valence-electron chi connectivity index (χ4n) is 4.22. The summed E-state index contributed by atoms with van der Waals surface area (Å²) in [6.45, 7) is 4.78. The van der Waals surface area contributed by atoms with Crippen molar-refractivity contribution < 1.29 is 18.3 Å². The van der Waals surface area contributed by atoms with Gasteiger partial charge in [0.15, 0.2) is 0 Å². The SMILES string of the molecule is CC1(C)CCC(CN)(C2(O)CCC(C(F)(F)F)CC2)CC1. The number of rotatable bonds is 2. The molecular formula is C16H28F3NO. The molecule has 0 aromatic rings. The molecule has 0 aromatic heterocycles. The molecule has 21 heavy (non-hydrogen) atoms. The highest BCUT2D eigenvalue weighted by Crippen LogP contribution is 2.55. The van der Waals surface area contributed by atoms with E-state index in [0.29, 0.717) is 6.54 Å². The van der Waals surface area contributed by atoms with E-state index in [1.54, 1.807) is 0 Å². The normalized spacial score (nSPS) is 36.4. The minimum atomic E-state index is -4.13. The molecule has 2 rings (SSSR count). The molecule has 124 valence electrons. The summed E-state index contributed by atoms with van der Waals surface area (Å²) >= 11 is 0. The summed E-state index contributed by atoms with van der Waals surface area (Å²) in [5.74, 6) is -1.26. The van der Waals surface area contributed by atoms with Gasteiger partial charge in [0.1, 0.15) is 0 Å². The van der Waals surface area contributed by atoms with Gasteiger partial charge in [-0.2, -0.15) is 13.2 Å². The molecule has 3 N–H and O–H groups in total. The summed E-state index contributed by atoms with van der Waals surface area (Å²) in [7, 11) is 0. The van der Waals surface area contributed by atoms with E-state index < -0.39 is 17.7 Å². The largest absolute Gasteiger partial charge is 0.391 e. The van der Waals surface area contributed by atoms with Crippen molar-refractivity contribution in [1.29, 1.82) is 0 Å². The quantitative estimate of drug-likeness (QED) is 0.809. The zero-order chi connectivity index (χ0) is 15.9. The van der Waals surface area contributed by atoms with E-state index in [2.05, 4.69) is 13.8 Å². The molecule has 0 saturated heterocycles. The van der Waals surface area contributed by atoms with Crippen molar-refractivity contribution in [2.45, 2.75) is 77.0 Å². The highest BCUT2D eigenvalue weighted by molar-refractivity contribution is 5.05. The number of hydrogen-bond donors (Lipinski definition) is 2. The van der Waals surface area contributed by atoms with Crippen molar-refractivity contribution in [3.8, 4) is 0 Å². The lowest BCUT2D eigenvalue weighted by Gasteiger charge is -2.54. The van der Waals surface area contributed by atoms with Gasteiger partial charge in [0.05, 0.1) is 11.5 Å². The summed E-state index contributed by atoms with van der Waals surface area (Å²) in [4.78, 5) is 0. The van der Waals surface area contributed by atoms with Crippen LogP contribution in [0.4, 0.5) is 13.2 Å². The molecule has 0 spiro atoms. The Morgan fingerprint density at radius 3 is 1.86 bits per heavy atom. The van der Waals surface area contributed by atoms with Crippen molar-refractivity contribution in [2.24, 2.45) is 22.5 Å². The van der Waals surface area contributed by atoms with Gasteiger partial charge >= 0.3 is 6.18 Å². The van der Waals surface area contributed by atoms with Crippen LogP contribution in [0.1, 0.15) is 65.2 Å². The molecule has 0 aromatic carbocycles. The zero-order valence-corrected chi connectivity index (χ0v) is 13.1. The first-order chi connectivity index (χ1) is 9.54. The topological polar surface area (TPSA) is 46.2 Å². The van der Waals surface area contributed by atoms with Crippen LogP contribution in [-0.2, 0) is 0 Å². The molecule has 0 amide bonds. The molecule has 0 heterocycles. The fraction of sp³-hybridized carbons (Fsp3) is 1.00. The first kappa shape index (κ1) is 17.1. The molecule has 2 aliphatic rings. The third-order valence-electron chi connectivity index (χ3n) is 6.21. The van der Waals surface area contributed by atoms with Crippen molar-refractivity contribution in [1.82, 2.24) is 0 Å². The molecule has 0 bridgehead atoms. The second-order valence-corrected chi connectivity index (χ2v) is 8.00. The highest BCUT2D eigenvalue weighted by atomic mass is 19.4. The summed E-state index contributed by atoms with van der Waals surface area (Å²) in [6, 6.07) is 0. The Labute approximate surface area is 125 Å². The van der Waals surface area contributed by atoms with E-state index in [1.165, 1.54) is 0 Å². The number of hydrogen-bond acceptors (Lipinski definition) is 2. The second-order valence-electron chi connectivity index (χ2n) is 8.00. The van der Waals surface area contributed by atoms with Crippen LogP contribution < -0.4 is 5.73 Å². The monoisotopic (exact) mass is 307 g/mol. The summed E-state index contributed by atoms with van der Waals surface area (Å²) < 4.78 is 38.4. The van der Waals surface area contributed by atoms with Crippen molar-refractivity contribution >= 4 is 0 Å². The molecule has 0 unspecified atom stereocenters. The van der Waals surface area contributed by atoms with Crippen LogP contribution in [0.15, 0.2) is 0 Å². The minimum absolute atomic E-state index is 0.0329. The van der Waals surface area contributed by atoms with Gasteiger partial charge in [-0.05, 0) is 56.8 Å². The maximum Gasteiger partial charge on any atom is 0.391 e. The van der Waals surface area contributed by atoms with Gasteiger partial charge in [-0.1, -0.05) is 13.8 Å². The number of alkyl halides is 3. The maximum atomic E-state index is 12.8. The van der Waals surface area contributed by atoms with Crippen LogP contribution in [0.5, 0.6) is 0 Å². The van der Waals surface area contributed by atoms with Gasteiger partial charge in [-0.3, -0.25) is 0 Å². The standard InChI is InChI=1S/C16H28F3NO/c1-13(2)7-9-14(11-20,10-8-13)15(21)5-3-12(4-6-15)16(17,18)19/h12,21H,3-11,20H2,1-2H3. The van der Waals surface area contributed by atoms with E-state index in [4.69, 9.17) is 5.73 Å². The smallest absolute Gasteiger partial charge is 0.389 e. The summed E-state index contributed by atoms with van der Waals surface area (Å²) in [5, 5.41) is 11.1. The van der Waals surface area contributed by atoms with E-state index in [9.17, 15) is 18.3 Å². The second kappa shape index (κ2) is 5.41. The van der Waals surface area contributed by atoms with Gasteiger partial charge in [0.2, 0.25) is 0 Å². The minimum Gasteiger partial charge on any atom is -0.389 e. The lowest BCUT2D eigenvalue weighted by Crippen LogP contribution is -2.57. The zero-order valence-electron chi connectivity index (χ0n) is 13.1. The van der Waals surface area contributed by atoms with Gasteiger partial charge in [0, 0.05) is 12.0 Å². The molecule has 0 atom stereocenters. The van der Waals surface area contributed by atoms with E-state index in [1.807, 2.05) is 0 Å². The Hall–Kier alpha value is -0.290. The average molecular weight is 307 g/mol. The molecule has 2 fully saturated rings. The van der Waals surface area contributed by atoms with E-state index in [-0.39, 0.29) is 36.5 Å². The predicted octanol–water partition coefficient (Wildman–Crippen LogP) is 4.02. The summed E-state index contributed by atoms with van der Waals surface area (Å²) in [6.07, 6.45) is 0.00342. The third kappa shape index (κ3) is 3.24. The van der Waals surface area contributed by atoms with Gasteiger partial charge in [0.25, 0.3) is 0 Å². The Bertz CT molecular complexity index is 360. The molecule has 0 radical (unpaired) electrons. The number of aliphatic hydroxyl groups is 1. The number of nitrogens with two attached hydrogens (primary N) is 1. The first-order valence-corrected chi connectivity index (χ1v) is 8.03. The molecular weight excluding hydrogens is 279 g/mol. The van der Waals surface area contributed by atoms with Crippen LogP contribution in [0.25, 0.3) is 0 Å². The van der Waals surface area contributed by atoms with Crippen LogP contribution in [0.2, 0.25) is 0 Å². The first-order valence-electron chi connectivity index (χ1n) is 8.03. The highest BCUT2D eigenvalue weighted by Gasteiger charge is 2.55. The molecule has 2 nitrogen and oxygen atoms in total. The molecule has 2 saturated carbocycles. The molecule has 0 aliphatic heterocycles. The van der Waals surface area contributed by atoms with E-state index >= 15 is 0 Å². The lowest BCUT2D eigenvalue weighted by molar-refractivity contribution is -0.207. The van der Waals surface area contributed by atoms with E-state index in [0.717, 1.165) is 25.7 Å². The predicted molar refractivity (Wildman–Crippen MR) is 76.7 cm³/mol. The lowest BCUT2D eigenvalue weighted by atomic mass is 9.54. The average Bonchev–Trinajstić information content (AvgIpc) is 2.38. The van der Waals surface area contributed by atoms with Crippen LogP contribution in [0.3, 0.4) is 0 Å². The van der Waals surface area contributed by atoms with Crippen molar-refractivity contribution in [2.75, 3.05) is 6.54 Å². The Morgan fingerprint density at radius 1 is 1.00 bits per heavy atom. The van der Waals surface area contributed by atoms with Crippen LogP contribution in [0, 0.1) is 16.7 Å². The maximum absolute atomic E-state index is 12.8. The fourth-order valence-corrected chi connectivity index (χ4v) is 4.22. The van der Waals surface area contributed by atoms with Crippen LogP contribution in [-0.4, -0.2) is 23.4 Å². The van der Waals surface area contributed by atoms with Crippen molar-refractivity contribution in [3.05, 3.63) is 0 Å². The Kier molecular flexibility index (Phi) is 4.40. The van der Waals surface area contributed by atoms with Crippen LogP contribution >= 0.6 is 0 Å². The number of halogens is 3. The van der Waals surface area contributed by atoms with Gasteiger partial charge < -0.3 is 10.8 Å². The summed E-state index contributed by atoms with van der Waals surface area (Å²) in [5.41, 5.74) is 4.83. The van der Waals surface area contributed by atoms with Gasteiger partial charge in [-0.25, -0.2) is 0 Å².